The second-order valence-corrected chi connectivity index (χ2v) is 7.30. The molecule has 3 rings (SSSR count). The molecule has 2 aromatic rings. The standard InChI is InChI=1S/C23H31NO4/c1-18(2)27-21-11-12-22(23(17-21)25-3)28-20-9-7-19(8-10-20)26-16-15-24-13-5-4-6-14-24/h7-12,17-18H,4-6,13-16H2,1-3H3. The van der Waals surface area contributed by atoms with Gasteiger partial charge >= 0.3 is 0 Å². The molecule has 1 aliphatic rings. The molecule has 1 aliphatic heterocycles. The molecule has 0 aromatic heterocycles. The maximum absolute atomic E-state index is 5.97. The smallest absolute Gasteiger partial charge is 0.169 e. The van der Waals surface area contributed by atoms with E-state index in [1.807, 2.05) is 56.3 Å². The summed E-state index contributed by atoms with van der Waals surface area (Å²) in [7, 11) is 1.63. The second kappa shape index (κ2) is 10.2. The molecule has 1 heterocycles. The van der Waals surface area contributed by atoms with Gasteiger partial charge in [0.15, 0.2) is 11.5 Å². The molecule has 2 aromatic carbocycles. The number of hydrogen-bond acceptors (Lipinski definition) is 5. The lowest BCUT2D eigenvalue weighted by atomic mass is 10.1. The van der Waals surface area contributed by atoms with Gasteiger partial charge in [0, 0.05) is 12.6 Å². The molecule has 1 fully saturated rings. The minimum Gasteiger partial charge on any atom is -0.493 e. The van der Waals surface area contributed by atoms with Crippen molar-refractivity contribution in [2.24, 2.45) is 0 Å². The predicted octanol–water partition coefficient (Wildman–Crippen LogP) is 5.14. The van der Waals surface area contributed by atoms with Crippen molar-refractivity contribution in [3.05, 3.63) is 42.5 Å². The molecule has 1 saturated heterocycles. The first-order valence-corrected chi connectivity index (χ1v) is 10.1. The van der Waals surface area contributed by atoms with Gasteiger partial charge in [-0.3, -0.25) is 4.90 Å². The fourth-order valence-corrected chi connectivity index (χ4v) is 3.28. The summed E-state index contributed by atoms with van der Waals surface area (Å²) in [5.41, 5.74) is 0. The Kier molecular flexibility index (Phi) is 7.43. The minimum absolute atomic E-state index is 0.110. The van der Waals surface area contributed by atoms with Crippen LogP contribution in [-0.4, -0.2) is 44.4 Å². The number of nitrogens with zero attached hydrogens (tertiary/aromatic N) is 1. The van der Waals surface area contributed by atoms with Crippen LogP contribution in [0.2, 0.25) is 0 Å². The lowest BCUT2D eigenvalue weighted by Gasteiger charge is -2.26. The van der Waals surface area contributed by atoms with Crippen LogP contribution in [-0.2, 0) is 0 Å². The van der Waals surface area contributed by atoms with Crippen LogP contribution in [0.4, 0.5) is 0 Å². The average molecular weight is 386 g/mol. The Hall–Kier alpha value is -2.40. The summed E-state index contributed by atoms with van der Waals surface area (Å²) < 4.78 is 23.0. The number of methoxy groups -OCH3 is 1. The lowest BCUT2D eigenvalue weighted by molar-refractivity contribution is 0.183. The van der Waals surface area contributed by atoms with Crippen molar-refractivity contribution in [3.8, 4) is 28.7 Å². The largest absolute Gasteiger partial charge is 0.493 e. The van der Waals surface area contributed by atoms with Gasteiger partial charge in [0.05, 0.1) is 13.2 Å². The maximum Gasteiger partial charge on any atom is 0.169 e. The van der Waals surface area contributed by atoms with Crippen LogP contribution in [0.3, 0.4) is 0 Å². The first-order valence-electron chi connectivity index (χ1n) is 10.1. The Labute approximate surface area is 168 Å². The number of ether oxygens (including phenoxy) is 4. The third-order valence-electron chi connectivity index (χ3n) is 4.68. The molecule has 0 N–H and O–H groups in total. The van der Waals surface area contributed by atoms with Crippen molar-refractivity contribution in [2.45, 2.75) is 39.2 Å². The van der Waals surface area contributed by atoms with E-state index in [-0.39, 0.29) is 6.10 Å². The Bertz CT molecular complexity index is 724. The Morgan fingerprint density at radius 2 is 1.54 bits per heavy atom. The maximum atomic E-state index is 5.97. The third-order valence-corrected chi connectivity index (χ3v) is 4.68. The summed E-state index contributed by atoms with van der Waals surface area (Å²) in [5, 5.41) is 0. The van der Waals surface area contributed by atoms with Crippen LogP contribution in [0.25, 0.3) is 0 Å². The molecular weight excluding hydrogens is 354 g/mol. The topological polar surface area (TPSA) is 40.2 Å². The fourth-order valence-electron chi connectivity index (χ4n) is 3.28. The van der Waals surface area contributed by atoms with E-state index < -0.39 is 0 Å². The molecule has 0 atom stereocenters. The van der Waals surface area contributed by atoms with Crippen LogP contribution < -0.4 is 18.9 Å². The summed E-state index contributed by atoms with van der Waals surface area (Å²) in [6.45, 7) is 8.07. The Morgan fingerprint density at radius 3 is 2.21 bits per heavy atom. The van der Waals surface area contributed by atoms with E-state index in [2.05, 4.69) is 4.90 Å². The predicted molar refractivity (Wildman–Crippen MR) is 111 cm³/mol. The molecule has 0 amide bonds. The molecular formula is C23H31NO4. The van der Waals surface area contributed by atoms with Gasteiger partial charge in [0.25, 0.3) is 0 Å². The van der Waals surface area contributed by atoms with Gasteiger partial charge in [-0.05, 0) is 76.2 Å². The molecule has 0 spiro atoms. The molecule has 0 saturated carbocycles. The van der Waals surface area contributed by atoms with Crippen molar-refractivity contribution >= 4 is 0 Å². The minimum atomic E-state index is 0.110. The van der Waals surface area contributed by atoms with E-state index in [1.54, 1.807) is 7.11 Å². The van der Waals surface area contributed by atoms with Gasteiger partial charge in [0.2, 0.25) is 0 Å². The van der Waals surface area contributed by atoms with Crippen molar-refractivity contribution < 1.29 is 18.9 Å². The quantitative estimate of drug-likeness (QED) is 0.598. The Balaban J connectivity index is 1.53. The van der Waals surface area contributed by atoms with Crippen molar-refractivity contribution in [1.29, 1.82) is 0 Å². The van der Waals surface area contributed by atoms with E-state index in [4.69, 9.17) is 18.9 Å². The van der Waals surface area contributed by atoms with Gasteiger partial charge < -0.3 is 18.9 Å². The molecule has 0 radical (unpaired) electrons. The summed E-state index contributed by atoms with van der Waals surface area (Å²) in [5.74, 6) is 3.64. The number of piperidine rings is 1. The lowest BCUT2D eigenvalue weighted by Crippen LogP contribution is -2.33. The van der Waals surface area contributed by atoms with Gasteiger partial charge in [0.1, 0.15) is 23.9 Å². The molecule has 5 heteroatoms. The summed E-state index contributed by atoms with van der Waals surface area (Å²) >= 11 is 0. The second-order valence-electron chi connectivity index (χ2n) is 7.30. The normalized spacial score (nSPS) is 14.7. The average Bonchev–Trinajstić information content (AvgIpc) is 2.71. The SMILES string of the molecule is COc1cc(OC(C)C)ccc1Oc1ccc(OCCN2CCCCC2)cc1. The third kappa shape index (κ3) is 6.06. The monoisotopic (exact) mass is 385 g/mol. The van der Waals surface area contributed by atoms with E-state index >= 15 is 0 Å². The van der Waals surface area contributed by atoms with Crippen molar-refractivity contribution in [3.63, 3.8) is 0 Å². The van der Waals surface area contributed by atoms with Gasteiger partial charge in [-0.2, -0.15) is 0 Å². The fraction of sp³-hybridized carbons (Fsp3) is 0.478. The van der Waals surface area contributed by atoms with E-state index in [9.17, 15) is 0 Å². The van der Waals surface area contributed by atoms with Crippen LogP contribution in [0.5, 0.6) is 28.7 Å². The number of benzene rings is 2. The highest BCUT2D eigenvalue weighted by molar-refractivity contribution is 5.48. The molecule has 0 unspecified atom stereocenters. The molecule has 0 bridgehead atoms. The van der Waals surface area contributed by atoms with Crippen LogP contribution in [0, 0.1) is 0 Å². The van der Waals surface area contributed by atoms with Crippen LogP contribution in [0.15, 0.2) is 42.5 Å². The molecule has 152 valence electrons. The van der Waals surface area contributed by atoms with Crippen LogP contribution >= 0.6 is 0 Å². The number of hydrogen-bond donors (Lipinski definition) is 0. The van der Waals surface area contributed by atoms with Crippen LogP contribution in [0.1, 0.15) is 33.1 Å². The van der Waals surface area contributed by atoms with Crippen molar-refractivity contribution in [2.75, 3.05) is 33.4 Å². The number of likely N-dealkylation sites (tertiary alicyclic amines) is 1. The molecule has 5 nitrogen and oxygen atoms in total. The number of rotatable bonds is 9. The zero-order valence-electron chi connectivity index (χ0n) is 17.1. The zero-order chi connectivity index (χ0) is 19.8. The molecule has 28 heavy (non-hydrogen) atoms. The highest BCUT2D eigenvalue weighted by Gasteiger charge is 2.11. The van der Waals surface area contributed by atoms with E-state index in [1.165, 1.54) is 32.4 Å². The summed E-state index contributed by atoms with van der Waals surface area (Å²) in [6.07, 6.45) is 4.08. The van der Waals surface area contributed by atoms with E-state index in [0.29, 0.717) is 18.1 Å². The first kappa shape index (κ1) is 20.3. The van der Waals surface area contributed by atoms with Gasteiger partial charge in [-0.15, -0.1) is 0 Å². The van der Waals surface area contributed by atoms with E-state index in [0.717, 1.165) is 23.8 Å². The molecule has 0 aliphatic carbocycles. The highest BCUT2D eigenvalue weighted by atomic mass is 16.5. The summed E-state index contributed by atoms with van der Waals surface area (Å²) in [4.78, 5) is 2.47. The zero-order valence-corrected chi connectivity index (χ0v) is 17.1. The highest BCUT2D eigenvalue weighted by Crippen LogP contribution is 2.35. The first-order chi connectivity index (χ1) is 13.6. The summed E-state index contributed by atoms with van der Waals surface area (Å²) in [6, 6.07) is 13.3. The van der Waals surface area contributed by atoms with Gasteiger partial charge in [-0.25, -0.2) is 0 Å². The van der Waals surface area contributed by atoms with Crippen molar-refractivity contribution in [1.82, 2.24) is 4.90 Å². The Morgan fingerprint density at radius 1 is 0.857 bits per heavy atom. The van der Waals surface area contributed by atoms with Gasteiger partial charge in [-0.1, -0.05) is 6.42 Å².